The largest absolute Gasteiger partial charge is 0.338 e. The number of urea groups is 1. The van der Waals surface area contributed by atoms with Crippen LogP contribution in [-0.2, 0) is 5.41 Å². The van der Waals surface area contributed by atoms with Gasteiger partial charge in [-0.05, 0) is 95.4 Å². The second-order valence-corrected chi connectivity index (χ2v) is 15.8. The van der Waals surface area contributed by atoms with Crippen molar-refractivity contribution in [3.05, 3.63) is 198 Å². The van der Waals surface area contributed by atoms with Crippen molar-refractivity contribution in [1.82, 2.24) is 0 Å². The van der Waals surface area contributed by atoms with E-state index in [-0.39, 0.29) is 12.7 Å². The smallest absolute Gasteiger partial charge is 0.263 e. The first-order valence-corrected chi connectivity index (χ1v) is 19.5. The van der Waals surface area contributed by atoms with Crippen molar-refractivity contribution in [3.63, 3.8) is 0 Å². The van der Waals surface area contributed by atoms with Crippen LogP contribution < -0.4 is 26.2 Å². The number of anilines is 4. The normalized spacial score (nSPS) is 15.2. The van der Waals surface area contributed by atoms with Crippen LogP contribution in [0.2, 0.25) is 0 Å². The molecule has 3 heterocycles. The molecule has 1 spiro atoms. The van der Waals surface area contributed by atoms with Crippen molar-refractivity contribution in [2.24, 2.45) is 0 Å². The highest BCUT2D eigenvalue weighted by atomic mass is 16.2. The molecule has 0 saturated carbocycles. The molecule has 4 heteroatoms. The molecule has 0 unspecified atom stereocenters. The highest BCUT2D eigenvalue weighted by Crippen LogP contribution is 2.64. The van der Waals surface area contributed by atoms with Gasteiger partial charge < -0.3 is 0 Å². The minimum Gasteiger partial charge on any atom is -0.263 e. The van der Waals surface area contributed by atoms with Crippen LogP contribution >= 0.6 is 0 Å². The Morgan fingerprint density at radius 3 is 1.75 bits per heavy atom. The zero-order valence-electron chi connectivity index (χ0n) is 30.1. The summed E-state index contributed by atoms with van der Waals surface area (Å²) in [5.74, 6) is 0. The second-order valence-electron chi connectivity index (χ2n) is 15.8. The highest BCUT2D eigenvalue weighted by molar-refractivity contribution is 7.01. The Morgan fingerprint density at radius 1 is 0.393 bits per heavy atom. The number of nitrogens with zero attached hydrogens (tertiary/aromatic N) is 2. The number of carbonyl (C=O) groups is 1. The quantitative estimate of drug-likeness (QED) is 0.156. The van der Waals surface area contributed by atoms with E-state index in [4.69, 9.17) is 0 Å². The third-order valence-electron chi connectivity index (χ3n) is 13.6. The van der Waals surface area contributed by atoms with Gasteiger partial charge >= 0.3 is 6.03 Å². The predicted octanol–water partition coefficient (Wildman–Crippen LogP) is 10.6. The summed E-state index contributed by atoms with van der Waals surface area (Å²) in [6.07, 6.45) is 0. The molecule has 0 fully saturated rings. The van der Waals surface area contributed by atoms with Gasteiger partial charge in [0.05, 0.1) is 22.5 Å². The first kappa shape index (κ1) is 29.2. The maximum atomic E-state index is 16.0. The van der Waals surface area contributed by atoms with Crippen LogP contribution in [0.3, 0.4) is 0 Å². The summed E-state index contributed by atoms with van der Waals surface area (Å²) in [5, 5.41) is 4.68. The summed E-state index contributed by atoms with van der Waals surface area (Å²) in [7, 11) is 0. The van der Waals surface area contributed by atoms with Crippen LogP contribution in [0.1, 0.15) is 22.3 Å². The van der Waals surface area contributed by atoms with Crippen molar-refractivity contribution >= 4 is 73.4 Å². The van der Waals surface area contributed by atoms with Gasteiger partial charge in [0, 0.05) is 16.6 Å². The molecule has 3 aliphatic heterocycles. The Labute approximate surface area is 323 Å². The Balaban J connectivity index is 1.09. The Morgan fingerprint density at radius 2 is 0.964 bits per heavy atom. The number of hydrogen-bond donors (Lipinski definition) is 0. The van der Waals surface area contributed by atoms with Crippen LogP contribution in [0.25, 0.3) is 54.9 Å². The molecule has 3 nitrogen and oxygen atoms in total. The van der Waals surface area contributed by atoms with E-state index >= 15 is 4.79 Å². The van der Waals surface area contributed by atoms with Gasteiger partial charge in [0.1, 0.15) is 0 Å². The van der Waals surface area contributed by atoms with E-state index in [0.717, 1.165) is 39.1 Å². The highest BCUT2D eigenvalue weighted by Gasteiger charge is 2.53. The van der Waals surface area contributed by atoms with Gasteiger partial charge in [0.15, 0.2) is 0 Å². The van der Waals surface area contributed by atoms with Gasteiger partial charge in [-0.25, -0.2) is 4.79 Å². The minimum absolute atomic E-state index is 0.0121. The number of carbonyl (C=O) groups excluding carboxylic acids is 1. The first-order chi connectivity index (χ1) is 27.7. The third-order valence-corrected chi connectivity index (χ3v) is 13.6. The zero-order valence-corrected chi connectivity index (χ0v) is 30.1. The average molecular weight is 709 g/mol. The summed E-state index contributed by atoms with van der Waals surface area (Å²) in [5.41, 5.74) is 19.4. The summed E-state index contributed by atoms with van der Waals surface area (Å²) < 4.78 is 0. The van der Waals surface area contributed by atoms with Gasteiger partial charge in [0.25, 0.3) is 0 Å². The molecule has 56 heavy (non-hydrogen) atoms. The summed E-state index contributed by atoms with van der Waals surface area (Å²) >= 11 is 0. The second kappa shape index (κ2) is 9.92. The van der Waals surface area contributed by atoms with Crippen molar-refractivity contribution in [2.45, 2.75) is 5.41 Å². The predicted molar refractivity (Wildman–Crippen MR) is 230 cm³/mol. The molecule has 0 saturated heterocycles. The van der Waals surface area contributed by atoms with Gasteiger partial charge in [-0.2, -0.15) is 0 Å². The molecule has 14 rings (SSSR count). The molecular formula is C52H29BN2O. The third kappa shape index (κ3) is 3.15. The SMILES string of the molecule is O=C1N(c2cccc3c2-c2ccccc2C32c3ccccc3-c3ccccc32)c2cccc3ccc4c(c23)N1c1ccc2cccc3c2c1B4c1ccccc1-3. The van der Waals surface area contributed by atoms with Gasteiger partial charge in [-0.15, -0.1) is 0 Å². The fourth-order valence-electron chi connectivity index (χ4n) is 11.7. The Kier molecular flexibility index (Phi) is 5.18. The van der Waals surface area contributed by atoms with Crippen molar-refractivity contribution in [3.8, 4) is 33.4 Å². The number of amides is 2. The van der Waals surface area contributed by atoms with E-state index in [2.05, 4.69) is 181 Å². The van der Waals surface area contributed by atoms with Gasteiger partial charge in [0.2, 0.25) is 6.71 Å². The van der Waals surface area contributed by atoms with Crippen LogP contribution in [0.15, 0.2) is 176 Å². The van der Waals surface area contributed by atoms with E-state index in [1.807, 2.05) is 4.90 Å². The molecule has 0 N–H and O–H groups in total. The van der Waals surface area contributed by atoms with E-state index < -0.39 is 5.41 Å². The lowest BCUT2D eigenvalue weighted by molar-refractivity contribution is 0.255. The average Bonchev–Trinajstić information content (AvgIpc) is 3.73. The molecule has 9 aromatic carbocycles. The molecule has 0 radical (unpaired) electrons. The molecule has 2 aliphatic carbocycles. The molecular weight excluding hydrogens is 679 g/mol. The summed E-state index contributed by atoms with van der Waals surface area (Å²) in [6, 6.07) is 64.1. The van der Waals surface area contributed by atoms with Crippen LogP contribution in [-0.4, -0.2) is 12.7 Å². The summed E-state index contributed by atoms with van der Waals surface area (Å²) in [6.45, 7) is 0.0121. The van der Waals surface area contributed by atoms with E-state index in [0.29, 0.717) is 0 Å². The summed E-state index contributed by atoms with van der Waals surface area (Å²) in [4.78, 5) is 20.1. The van der Waals surface area contributed by atoms with Gasteiger partial charge in [-0.1, -0.05) is 163 Å². The minimum atomic E-state index is -0.504. The van der Waals surface area contributed by atoms with Gasteiger partial charge in [-0.3, -0.25) is 9.80 Å². The van der Waals surface area contributed by atoms with E-state index in [9.17, 15) is 0 Å². The van der Waals surface area contributed by atoms with E-state index in [1.165, 1.54) is 77.2 Å². The fourth-order valence-corrected chi connectivity index (χ4v) is 11.7. The molecule has 9 aromatic rings. The monoisotopic (exact) mass is 708 g/mol. The molecule has 5 aliphatic rings. The lowest BCUT2D eigenvalue weighted by atomic mass is 9.32. The van der Waals surface area contributed by atoms with Crippen LogP contribution in [0.4, 0.5) is 27.5 Å². The Bertz CT molecular complexity index is 3280. The standard InChI is InChI=1S/C52H29BN2O/c56-51-54(44-25-11-22-40-48(44)36-17-3-7-21-39(36)52(40)37-19-5-1-14-32(37)33-15-2-6-20-38(33)52)43-24-10-13-31-26-28-42-50(47(31)43)55(51)45-29-27-30-12-9-18-35-34-16-4-8-23-41(34)53(42)49(45)46(30)35/h1-29H. The van der Waals surface area contributed by atoms with Crippen molar-refractivity contribution in [2.75, 3.05) is 9.80 Å². The number of hydrogen-bond acceptors (Lipinski definition) is 1. The topological polar surface area (TPSA) is 23.6 Å². The fraction of sp³-hybridized carbons (Fsp3) is 0.0192. The lowest BCUT2D eigenvalue weighted by Gasteiger charge is -2.45. The number of rotatable bonds is 1. The first-order valence-electron chi connectivity index (χ1n) is 19.5. The lowest BCUT2D eigenvalue weighted by Crippen LogP contribution is -2.62. The van der Waals surface area contributed by atoms with E-state index in [1.54, 1.807) is 0 Å². The Hall–Kier alpha value is -7.17. The molecule has 256 valence electrons. The zero-order chi connectivity index (χ0) is 36.4. The number of fused-ring (bicyclic) bond motifs is 15. The van der Waals surface area contributed by atoms with Crippen LogP contribution in [0.5, 0.6) is 0 Å². The molecule has 0 bridgehead atoms. The number of benzene rings is 9. The van der Waals surface area contributed by atoms with Crippen molar-refractivity contribution in [1.29, 1.82) is 0 Å². The maximum absolute atomic E-state index is 16.0. The molecule has 0 atom stereocenters. The molecule has 0 aromatic heterocycles. The van der Waals surface area contributed by atoms with Crippen LogP contribution in [0, 0.1) is 0 Å². The van der Waals surface area contributed by atoms with Crippen molar-refractivity contribution < 1.29 is 4.79 Å². The molecule has 2 amide bonds. The maximum Gasteiger partial charge on any atom is 0.338 e.